The third-order valence-electron chi connectivity index (χ3n) is 4.96. The number of anilines is 1. The number of aromatic nitrogens is 4. The fourth-order valence-corrected chi connectivity index (χ4v) is 3.69. The van der Waals surface area contributed by atoms with Crippen LogP contribution in [0.5, 0.6) is 0 Å². The van der Waals surface area contributed by atoms with Crippen molar-refractivity contribution in [1.82, 2.24) is 25.5 Å². The van der Waals surface area contributed by atoms with E-state index in [1.807, 2.05) is 6.07 Å². The standard InChI is InChI=1S/C21H21ClN6O2/c22-15-7-5-6-14(12-15)20-25-27-28(26-20)13-19(29)24-18-11-4-3-10-17(18)21(30)23-16-8-1-2-9-16/h3-7,10-12,16H,1-2,8-9,13H2,(H,23,30)(H,24,29). The number of benzene rings is 2. The van der Waals surface area contributed by atoms with E-state index in [9.17, 15) is 9.59 Å². The summed E-state index contributed by atoms with van der Waals surface area (Å²) in [5.74, 6) is -0.160. The van der Waals surface area contributed by atoms with Crippen molar-refractivity contribution in [3.05, 3.63) is 59.1 Å². The van der Waals surface area contributed by atoms with E-state index in [-0.39, 0.29) is 24.4 Å². The molecule has 1 saturated carbocycles. The molecule has 4 rings (SSSR count). The summed E-state index contributed by atoms with van der Waals surface area (Å²) >= 11 is 5.99. The average Bonchev–Trinajstić information content (AvgIpc) is 3.40. The van der Waals surface area contributed by atoms with Crippen molar-refractivity contribution in [3.8, 4) is 11.4 Å². The third kappa shape index (κ3) is 4.83. The molecule has 1 aliphatic rings. The molecule has 154 valence electrons. The van der Waals surface area contributed by atoms with E-state index in [0.717, 1.165) is 25.7 Å². The normalized spacial score (nSPS) is 13.9. The molecule has 8 nitrogen and oxygen atoms in total. The Hall–Kier alpha value is -3.26. The van der Waals surface area contributed by atoms with Crippen LogP contribution in [0.2, 0.25) is 5.02 Å². The van der Waals surface area contributed by atoms with Gasteiger partial charge in [-0.25, -0.2) is 0 Å². The first-order chi connectivity index (χ1) is 14.6. The van der Waals surface area contributed by atoms with E-state index in [1.165, 1.54) is 4.80 Å². The Balaban J connectivity index is 1.41. The minimum atomic E-state index is -0.355. The zero-order valence-corrected chi connectivity index (χ0v) is 17.0. The van der Waals surface area contributed by atoms with E-state index in [4.69, 9.17) is 11.6 Å². The smallest absolute Gasteiger partial charge is 0.253 e. The summed E-state index contributed by atoms with van der Waals surface area (Å²) in [6.07, 6.45) is 4.25. The molecule has 1 aliphatic carbocycles. The minimum absolute atomic E-state index is 0.133. The Morgan fingerprint density at radius 1 is 1.10 bits per heavy atom. The number of halogens is 1. The molecule has 30 heavy (non-hydrogen) atoms. The summed E-state index contributed by atoms with van der Waals surface area (Å²) in [6.45, 7) is -0.133. The lowest BCUT2D eigenvalue weighted by Crippen LogP contribution is -2.33. The molecule has 0 spiro atoms. The Labute approximate surface area is 178 Å². The lowest BCUT2D eigenvalue weighted by atomic mass is 10.1. The zero-order valence-electron chi connectivity index (χ0n) is 16.2. The predicted octanol–water partition coefficient (Wildman–Crippen LogP) is 3.30. The molecule has 0 unspecified atom stereocenters. The maximum atomic E-state index is 12.6. The highest BCUT2D eigenvalue weighted by Gasteiger charge is 2.20. The first-order valence-electron chi connectivity index (χ1n) is 9.82. The molecule has 9 heteroatoms. The van der Waals surface area contributed by atoms with Gasteiger partial charge in [-0.3, -0.25) is 9.59 Å². The topological polar surface area (TPSA) is 102 Å². The highest BCUT2D eigenvalue weighted by atomic mass is 35.5. The Morgan fingerprint density at radius 2 is 1.90 bits per heavy atom. The monoisotopic (exact) mass is 424 g/mol. The Kier molecular flexibility index (Phi) is 6.04. The fourth-order valence-electron chi connectivity index (χ4n) is 3.49. The van der Waals surface area contributed by atoms with E-state index in [2.05, 4.69) is 26.0 Å². The molecule has 0 saturated heterocycles. The highest BCUT2D eigenvalue weighted by Crippen LogP contribution is 2.21. The minimum Gasteiger partial charge on any atom is -0.349 e. The number of tetrazole rings is 1. The summed E-state index contributed by atoms with van der Waals surface area (Å²) in [7, 11) is 0. The van der Waals surface area contributed by atoms with Gasteiger partial charge in [-0.1, -0.05) is 48.7 Å². The Morgan fingerprint density at radius 3 is 2.70 bits per heavy atom. The molecule has 2 N–H and O–H groups in total. The molecule has 3 aromatic rings. The number of nitrogens with zero attached hydrogens (tertiary/aromatic N) is 4. The maximum absolute atomic E-state index is 12.6. The van der Waals surface area contributed by atoms with Crippen LogP contribution in [0.25, 0.3) is 11.4 Å². The van der Waals surface area contributed by atoms with Gasteiger partial charge in [0, 0.05) is 16.6 Å². The van der Waals surface area contributed by atoms with Gasteiger partial charge >= 0.3 is 0 Å². The second kappa shape index (κ2) is 9.04. The molecular formula is C21H21ClN6O2. The van der Waals surface area contributed by atoms with Crippen molar-refractivity contribution in [2.75, 3.05) is 5.32 Å². The first kappa shape index (κ1) is 20.0. The van der Waals surface area contributed by atoms with E-state index < -0.39 is 0 Å². The third-order valence-corrected chi connectivity index (χ3v) is 5.19. The molecule has 0 radical (unpaired) electrons. The molecule has 1 fully saturated rings. The number of hydrogen-bond acceptors (Lipinski definition) is 5. The first-order valence-corrected chi connectivity index (χ1v) is 10.2. The van der Waals surface area contributed by atoms with Crippen LogP contribution < -0.4 is 10.6 Å². The summed E-state index contributed by atoms with van der Waals surface area (Å²) < 4.78 is 0. The van der Waals surface area contributed by atoms with Gasteiger partial charge in [0.2, 0.25) is 11.7 Å². The van der Waals surface area contributed by atoms with E-state index >= 15 is 0 Å². The van der Waals surface area contributed by atoms with Crippen LogP contribution in [0.4, 0.5) is 5.69 Å². The van der Waals surface area contributed by atoms with Crippen molar-refractivity contribution < 1.29 is 9.59 Å². The van der Waals surface area contributed by atoms with Gasteiger partial charge in [0.15, 0.2) is 0 Å². The predicted molar refractivity (Wildman–Crippen MR) is 113 cm³/mol. The van der Waals surface area contributed by atoms with Crippen LogP contribution in [0.3, 0.4) is 0 Å². The van der Waals surface area contributed by atoms with Gasteiger partial charge in [-0.05, 0) is 42.3 Å². The quantitative estimate of drug-likeness (QED) is 0.632. The van der Waals surface area contributed by atoms with Gasteiger partial charge in [-0.15, -0.1) is 10.2 Å². The van der Waals surface area contributed by atoms with Crippen LogP contribution in [0.1, 0.15) is 36.0 Å². The zero-order chi connectivity index (χ0) is 20.9. The molecule has 2 aromatic carbocycles. The molecule has 2 amide bonds. The highest BCUT2D eigenvalue weighted by molar-refractivity contribution is 6.30. The fraction of sp³-hybridized carbons (Fsp3) is 0.286. The van der Waals surface area contributed by atoms with Gasteiger partial charge < -0.3 is 10.6 Å². The Bertz CT molecular complexity index is 1060. The number of amides is 2. The SMILES string of the molecule is O=C(Cn1nnc(-c2cccc(Cl)c2)n1)Nc1ccccc1C(=O)NC1CCCC1. The number of nitrogens with one attached hydrogen (secondary N) is 2. The number of carbonyl (C=O) groups is 2. The molecule has 0 bridgehead atoms. The van der Waals surface area contributed by atoms with Gasteiger partial charge in [-0.2, -0.15) is 4.80 Å². The van der Waals surface area contributed by atoms with Crippen LogP contribution in [-0.4, -0.2) is 38.1 Å². The molecular weight excluding hydrogens is 404 g/mol. The number of para-hydroxylation sites is 1. The van der Waals surface area contributed by atoms with Gasteiger partial charge in [0.1, 0.15) is 6.54 Å². The second-order valence-corrected chi connectivity index (χ2v) is 7.64. The average molecular weight is 425 g/mol. The number of rotatable bonds is 6. The van der Waals surface area contributed by atoms with Crippen LogP contribution >= 0.6 is 11.6 Å². The number of hydrogen-bond donors (Lipinski definition) is 2. The number of carbonyl (C=O) groups excluding carboxylic acids is 2. The molecule has 0 atom stereocenters. The lowest BCUT2D eigenvalue weighted by molar-refractivity contribution is -0.117. The van der Waals surface area contributed by atoms with E-state index in [0.29, 0.717) is 27.7 Å². The summed E-state index contributed by atoms with van der Waals surface area (Å²) in [5, 5.41) is 18.5. The lowest BCUT2D eigenvalue weighted by Gasteiger charge is -2.14. The van der Waals surface area contributed by atoms with Crippen LogP contribution in [0.15, 0.2) is 48.5 Å². The maximum Gasteiger partial charge on any atom is 0.253 e. The van der Waals surface area contributed by atoms with Gasteiger partial charge in [0.05, 0.1) is 11.3 Å². The van der Waals surface area contributed by atoms with Crippen molar-refractivity contribution in [3.63, 3.8) is 0 Å². The second-order valence-electron chi connectivity index (χ2n) is 7.20. The van der Waals surface area contributed by atoms with Crippen molar-refractivity contribution in [2.24, 2.45) is 0 Å². The van der Waals surface area contributed by atoms with Crippen molar-refractivity contribution in [2.45, 2.75) is 38.3 Å². The van der Waals surface area contributed by atoms with E-state index in [1.54, 1.807) is 42.5 Å². The van der Waals surface area contributed by atoms with Crippen LogP contribution in [0, 0.1) is 0 Å². The van der Waals surface area contributed by atoms with Crippen LogP contribution in [-0.2, 0) is 11.3 Å². The largest absolute Gasteiger partial charge is 0.349 e. The molecule has 0 aliphatic heterocycles. The summed E-state index contributed by atoms with van der Waals surface area (Å²) in [5.41, 5.74) is 1.60. The molecule has 1 heterocycles. The molecule has 1 aromatic heterocycles. The van der Waals surface area contributed by atoms with Crippen molar-refractivity contribution in [1.29, 1.82) is 0 Å². The van der Waals surface area contributed by atoms with Gasteiger partial charge in [0.25, 0.3) is 5.91 Å². The summed E-state index contributed by atoms with van der Waals surface area (Å²) in [6, 6.07) is 14.2. The van der Waals surface area contributed by atoms with Crippen molar-refractivity contribution >= 4 is 29.1 Å². The summed E-state index contributed by atoms with van der Waals surface area (Å²) in [4.78, 5) is 26.3.